The van der Waals surface area contributed by atoms with Crippen LogP contribution >= 0.6 is 11.8 Å². The molecule has 1 unspecified atom stereocenters. The lowest BCUT2D eigenvalue weighted by Crippen LogP contribution is -2.35. The van der Waals surface area contributed by atoms with Crippen LogP contribution in [0.2, 0.25) is 0 Å². The van der Waals surface area contributed by atoms with E-state index < -0.39 is 10.0 Å². The fourth-order valence-corrected chi connectivity index (χ4v) is 5.09. The molecule has 0 saturated carbocycles. The Morgan fingerprint density at radius 2 is 1.89 bits per heavy atom. The first kappa shape index (κ1) is 22.2. The van der Waals surface area contributed by atoms with E-state index in [0.29, 0.717) is 24.0 Å². The van der Waals surface area contributed by atoms with E-state index in [4.69, 9.17) is 0 Å². The maximum Gasteiger partial charge on any atom is 0.244 e. The zero-order valence-electron chi connectivity index (χ0n) is 16.5. The van der Waals surface area contributed by atoms with E-state index >= 15 is 0 Å². The van der Waals surface area contributed by atoms with Crippen LogP contribution in [-0.2, 0) is 14.8 Å². The molecular formula is C19H31N3O3S2. The van der Waals surface area contributed by atoms with Crippen molar-refractivity contribution < 1.29 is 13.2 Å². The van der Waals surface area contributed by atoms with Gasteiger partial charge in [0, 0.05) is 25.3 Å². The Balaban J connectivity index is 1.84. The SMILES string of the molecule is CC(C)CCC(C)NC(=O)CSc1ccc(S(=O)(=O)N2CCCCC2)cn1. The molecule has 1 saturated heterocycles. The van der Waals surface area contributed by atoms with E-state index in [9.17, 15) is 13.2 Å². The number of piperidine rings is 1. The van der Waals surface area contributed by atoms with Gasteiger partial charge >= 0.3 is 0 Å². The summed E-state index contributed by atoms with van der Waals surface area (Å²) < 4.78 is 26.8. The first-order valence-corrected chi connectivity index (χ1v) is 12.1. The molecule has 1 N–H and O–H groups in total. The van der Waals surface area contributed by atoms with Crippen molar-refractivity contribution in [3.05, 3.63) is 18.3 Å². The molecule has 152 valence electrons. The van der Waals surface area contributed by atoms with Crippen molar-refractivity contribution in [1.82, 2.24) is 14.6 Å². The number of carbonyl (C=O) groups is 1. The molecular weight excluding hydrogens is 382 g/mol. The van der Waals surface area contributed by atoms with Crippen molar-refractivity contribution in [3.8, 4) is 0 Å². The first-order chi connectivity index (χ1) is 12.8. The standard InChI is InChI=1S/C19H31N3O3S2/c1-15(2)7-8-16(3)21-18(23)14-26-19-10-9-17(13-20-19)27(24,25)22-11-5-4-6-12-22/h9-10,13,15-16H,4-8,11-12,14H2,1-3H3,(H,21,23). The van der Waals surface area contributed by atoms with Crippen molar-refractivity contribution in [1.29, 1.82) is 0 Å². The summed E-state index contributed by atoms with van der Waals surface area (Å²) in [6.07, 6.45) is 6.35. The maximum absolute atomic E-state index is 12.6. The van der Waals surface area contributed by atoms with Crippen LogP contribution in [0.5, 0.6) is 0 Å². The Kier molecular flexibility index (Phi) is 8.57. The smallest absolute Gasteiger partial charge is 0.244 e. The van der Waals surface area contributed by atoms with E-state index in [2.05, 4.69) is 24.1 Å². The Hall–Kier alpha value is -1.12. The Morgan fingerprint density at radius 3 is 2.48 bits per heavy atom. The van der Waals surface area contributed by atoms with E-state index in [-0.39, 0.29) is 22.6 Å². The Bertz CT molecular complexity index is 699. The number of nitrogens with one attached hydrogen (secondary N) is 1. The summed E-state index contributed by atoms with van der Waals surface area (Å²) in [7, 11) is -3.46. The lowest BCUT2D eigenvalue weighted by Gasteiger charge is -2.25. The maximum atomic E-state index is 12.6. The molecule has 1 atom stereocenters. The molecule has 1 aliphatic rings. The number of nitrogens with zero attached hydrogens (tertiary/aromatic N) is 2. The molecule has 8 heteroatoms. The summed E-state index contributed by atoms with van der Waals surface area (Å²) >= 11 is 1.32. The molecule has 0 aliphatic carbocycles. The third kappa shape index (κ3) is 7.08. The van der Waals surface area contributed by atoms with E-state index in [1.54, 1.807) is 12.1 Å². The van der Waals surface area contributed by atoms with E-state index in [1.165, 1.54) is 22.3 Å². The minimum absolute atomic E-state index is 0.0249. The third-order valence-corrected chi connectivity index (χ3v) is 7.42. The summed E-state index contributed by atoms with van der Waals surface area (Å²) in [6.45, 7) is 7.52. The van der Waals surface area contributed by atoms with Gasteiger partial charge in [-0.15, -0.1) is 0 Å². The predicted octanol–water partition coefficient (Wildman–Crippen LogP) is 3.29. The van der Waals surface area contributed by atoms with Crippen LogP contribution in [0.4, 0.5) is 0 Å². The molecule has 1 fully saturated rings. The molecule has 6 nitrogen and oxygen atoms in total. The van der Waals surface area contributed by atoms with Gasteiger partial charge in [-0.25, -0.2) is 13.4 Å². The second-order valence-corrected chi connectivity index (χ2v) is 10.5. The topological polar surface area (TPSA) is 79.4 Å². The van der Waals surface area contributed by atoms with Gasteiger partial charge in [0.15, 0.2) is 0 Å². The van der Waals surface area contributed by atoms with Crippen LogP contribution in [0.25, 0.3) is 0 Å². The molecule has 2 heterocycles. The molecule has 0 spiro atoms. The molecule has 0 radical (unpaired) electrons. The van der Waals surface area contributed by atoms with Crippen molar-refractivity contribution in [2.45, 2.75) is 68.8 Å². The van der Waals surface area contributed by atoms with Crippen LogP contribution in [0.15, 0.2) is 28.3 Å². The lowest BCUT2D eigenvalue weighted by atomic mass is 10.0. The average molecular weight is 414 g/mol. The Morgan fingerprint density at radius 1 is 1.19 bits per heavy atom. The summed E-state index contributed by atoms with van der Waals surface area (Å²) in [4.78, 5) is 16.5. The number of hydrogen-bond donors (Lipinski definition) is 1. The number of amides is 1. The van der Waals surface area contributed by atoms with Gasteiger partial charge in [-0.05, 0) is 50.7 Å². The quantitative estimate of drug-likeness (QED) is 0.629. The molecule has 27 heavy (non-hydrogen) atoms. The largest absolute Gasteiger partial charge is 0.353 e. The minimum Gasteiger partial charge on any atom is -0.353 e. The number of rotatable bonds is 9. The second-order valence-electron chi connectivity index (χ2n) is 7.53. The molecule has 2 rings (SSSR count). The predicted molar refractivity (Wildman–Crippen MR) is 109 cm³/mol. The van der Waals surface area contributed by atoms with Crippen molar-refractivity contribution in [2.24, 2.45) is 5.92 Å². The molecule has 1 amide bonds. The highest BCUT2D eigenvalue weighted by Gasteiger charge is 2.26. The van der Waals surface area contributed by atoms with Gasteiger partial charge < -0.3 is 5.32 Å². The summed E-state index contributed by atoms with van der Waals surface area (Å²) in [5, 5.41) is 3.64. The van der Waals surface area contributed by atoms with Crippen LogP contribution in [-0.4, -0.2) is 48.5 Å². The van der Waals surface area contributed by atoms with Crippen LogP contribution < -0.4 is 5.32 Å². The number of sulfonamides is 1. The zero-order chi connectivity index (χ0) is 19.9. The van der Waals surface area contributed by atoms with Gasteiger partial charge in [-0.2, -0.15) is 4.31 Å². The van der Waals surface area contributed by atoms with Gasteiger partial charge in [0.1, 0.15) is 4.90 Å². The summed E-state index contributed by atoms with van der Waals surface area (Å²) in [5.41, 5.74) is 0. The van der Waals surface area contributed by atoms with Crippen molar-refractivity contribution in [3.63, 3.8) is 0 Å². The molecule has 0 bridgehead atoms. The first-order valence-electron chi connectivity index (χ1n) is 9.67. The van der Waals surface area contributed by atoms with Crippen LogP contribution in [0.3, 0.4) is 0 Å². The highest BCUT2D eigenvalue weighted by atomic mass is 32.2. The third-order valence-electron chi connectivity index (χ3n) is 4.60. The number of thioether (sulfide) groups is 1. The van der Waals surface area contributed by atoms with Crippen molar-refractivity contribution in [2.75, 3.05) is 18.8 Å². The second kappa shape index (κ2) is 10.4. The Labute approximate surface area is 167 Å². The van der Waals surface area contributed by atoms with Crippen molar-refractivity contribution >= 4 is 27.7 Å². The molecule has 1 aliphatic heterocycles. The highest BCUT2D eigenvalue weighted by Crippen LogP contribution is 2.22. The summed E-state index contributed by atoms with van der Waals surface area (Å²) in [5.74, 6) is 0.878. The van der Waals surface area contributed by atoms with Gasteiger partial charge in [-0.3, -0.25) is 4.79 Å². The van der Waals surface area contributed by atoms with Crippen LogP contribution in [0, 0.1) is 5.92 Å². The normalized spacial score (nSPS) is 17.0. The molecule has 1 aromatic heterocycles. The number of pyridine rings is 1. The number of hydrogen-bond acceptors (Lipinski definition) is 5. The molecule has 0 aromatic carbocycles. The van der Waals surface area contributed by atoms with Gasteiger partial charge in [-0.1, -0.05) is 32.0 Å². The fourth-order valence-electron chi connectivity index (χ4n) is 2.97. The molecule has 1 aromatic rings. The number of aromatic nitrogens is 1. The summed E-state index contributed by atoms with van der Waals surface area (Å²) in [6, 6.07) is 3.42. The highest BCUT2D eigenvalue weighted by molar-refractivity contribution is 7.99. The van der Waals surface area contributed by atoms with E-state index in [1.807, 2.05) is 6.92 Å². The van der Waals surface area contributed by atoms with Gasteiger partial charge in [0.05, 0.1) is 10.8 Å². The minimum atomic E-state index is -3.46. The van der Waals surface area contributed by atoms with Crippen LogP contribution in [0.1, 0.15) is 52.9 Å². The van der Waals surface area contributed by atoms with Gasteiger partial charge in [0.25, 0.3) is 0 Å². The average Bonchev–Trinajstić information content (AvgIpc) is 2.66. The van der Waals surface area contributed by atoms with Gasteiger partial charge in [0.2, 0.25) is 15.9 Å². The zero-order valence-corrected chi connectivity index (χ0v) is 18.1. The monoisotopic (exact) mass is 413 g/mol. The fraction of sp³-hybridized carbons (Fsp3) is 0.684. The lowest BCUT2D eigenvalue weighted by molar-refractivity contribution is -0.119. The number of carbonyl (C=O) groups excluding carboxylic acids is 1. The van der Waals surface area contributed by atoms with E-state index in [0.717, 1.165) is 32.1 Å².